The maximum absolute atomic E-state index is 12.6. The molecule has 46 heavy (non-hydrogen) atoms. The second-order valence-electron chi connectivity index (χ2n) is 15.3. The van der Waals surface area contributed by atoms with E-state index in [0.717, 1.165) is 24.0 Å². The second kappa shape index (κ2) is 19.5. The predicted molar refractivity (Wildman–Crippen MR) is 197 cm³/mol. The zero-order valence-corrected chi connectivity index (χ0v) is 31.4. The summed E-state index contributed by atoms with van der Waals surface area (Å²) in [6.07, 6.45) is 1.50. The molecule has 9 heteroatoms. The van der Waals surface area contributed by atoms with Crippen LogP contribution in [0.25, 0.3) is 0 Å². The average molecular weight is 683 g/mol. The number of carbonyl (C=O) groups is 2. The van der Waals surface area contributed by atoms with Crippen molar-refractivity contribution < 1.29 is 23.3 Å². The molecule has 3 N–H and O–H groups in total. The topological polar surface area (TPSA) is 108 Å². The fourth-order valence-corrected chi connectivity index (χ4v) is 5.04. The van der Waals surface area contributed by atoms with E-state index >= 15 is 0 Å². The molecule has 0 spiro atoms. The molecule has 0 saturated carbocycles. The summed E-state index contributed by atoms with van der Waals surface area (Å²) in [4.78, 5) is 23.7. The minimum absolute atomic E-state index is 0. The van der Waals surface area contributed by atoms with Crippen LogP contribution in [0.3, 0.4) is 0 Å². The van der Waals surface area contributed by atoms with Crippen molar-refractivity contribution in [2.24, 2.45) is 16.6 Å². The first-order chi connectivity index (χ1) is 20.0. The standard InChI is InChI=1S/C20H33NO3S.C16H25NO2.CH4.ClH/c1-14(2)24-18(22)16-11-9-15(10-12-16)17(13-19(3,4)5)21-25(23)20(6,7)8;1-11(2)19-15(18)13-8-6-12(7-9-13)14(17)10-16(3,4)5;;/h9-12,14,17,21H,13H2,1-8H3;6-9,11,14H,10,17H2,1-5H3;1H4;1H/t17-,25+;14-;;/m11../s1. The Morgan fingerprint density at radius 3 is 1.35 bits per heavy atom. The first-order valence-electron chi connectivity index (χ1n) is 15.5. The summed E-state index contributed by atoms with van der Waals surface area (Å²) >= 11 is 0. The molecule has 0 aliphatic rings. The van der Waals surface area contributed by atoms with Gasteiger partial charge in [0.25, 0.3) is 0 Å². The van der Waals surface area contributed by atoms with Crippen LogP contribution in [-0.2, 0) is 20.5 Å². The maximum Gasteiger partial charge on any atom is 0.338 e. The van der Waals surface area contributed by atoms with Crippen LogP contribution < -0.4 is 10.5 Å². The largest absolute Gasteiger partial charge is 0.459 e. The first kappa shape index (κ1) is 45.9. The monoisotopic (exact) mass is 682 g/mol. The highest BCUT2D eigenvalue weighted by atomic mass is 35.5. The molecule has 0 aromatic heterocycles. The Bertz CT molecular complexity index is 1210. The highest BCUT2D eigenvalue weighted by molar-refractivity contribution is 7.84. The van der Waals surface area contributed by atoms with Gasteiger partial charge in [0.2, 0.25) is 0 Å². The zero-order chi connectivity index (χ0) is 34.0. The van der Waals surface area contributed by atoms with E-state index in [1.54, 1.807) is 24.3 Å². The Balaban J connectivity index is 0. The third kappa shape index (κ3) is 18.2. The number of esters is 2. The molecule has 3 atom stereocenters. The molecule has 0 bridgehead atoms. The molecule has 264 valence electrons. The van der Waals surface area contributed by atoms with E-state index in [4.69, 9.17) is 15.2 Å². The van der Waals surface area contributed by atoms with Crippen molar-refractivity contribution in [2.75, 3.05) is 0 Å². The molecule has 0 heterocycles. The van der Waals surface area contributed by atoms with Gasteiger partial charge in [0, 0.05) is 12.1 Å². The lowest BCUT2D eigenvalue weighted by molar-refractivity contribution is 0.0367. The number of rotatable bonds is 10. The summed E-state index contributed by atoms with van der Waals surface area (Å²) < 4.78 is 25.9. The van der Waals surface area contributed by atoms with Crippen molar-refractivity contribution in [3.63, 3.8) is 0 Å². The van der Waals surface area contributed by atoms with Gasteiger partial charge in [-0.3, -0.25) is 0 Å². The Labute approximate surface area is 289 Å². The molecule has 0 saturated heterocycles. The minimum atomic E-state index is -1.17. The lowest BCUT2D eigenvalue weighted by Crippen LogP contribution is -2.37. The van der Waals surface area contributed by atoms with Gasteiger partial charge in [0.15, 0.2) is 0 Å². The van der Waals surface area contributed by atoms with Gasteiger partial charge >= 0.3 is 11.9 Å². The van der Waals surface area contributed by atoms with Crippen LogP contribution in [0.4, 0.5) is 0 Å². The third-order valence-electron chi connectivity index (χ3n) is 6.26. The predicted octanol–water partition coefficient (Wildman–Crippen LogP) is 9.53. The van der Waals surface area contributed by atoms with E-state index in [0.29, 0.717) is 11.1 Å². The van der Waals surface area contributed by atoms with Gasteiger partial charge in [-0.15, -0.1) is 12.4 Å². The van der Waals surface area contributed by atoms with Crippen molar-refractivity contribution in [3.05, 3.63) is 70.8 Å². The molecule has 2 aromatic carbocycles. The molecule has 0 radical (unpaired) electrons. The van der Waals surface area contributed by atoms with E-state index < -0.39 is 11.0 Å². The lowest BCUT2D eigenvalue weighted by atomic mass is 9.86. The highest BCUT2D eigenvalue weighted by Crippen LogP contribution is 2.31. The minimum Gasteiger partial charge on any atom is -0.459 e. The SMILES string of the molecule is C.CC(C)OC(=O)c1ccc([C@@H](CC(C)(C)C)N[S@@](=O)C(C)(C)C)cc1.CC(C)OC(=O)c1ccc([C@H](N)CC(C)(C)C)cc1.Cl. The van der Waals surface area contributed by atoms with E-state index in [2.05, 4.69) is 46.3 Å². The Morgan fingerprint density at radius 1 is 0.696 bits per heavy atom. The van der Waals surface area contributed by atoms with Crippen LogP contribution in [0.15, 0.2) is 48.5 Å². The van der Waals surface area contributed by atoms with E-state index in [1.807, 2.05) is 72.7 Å². The fourth-order valence-electron chi connectivity index (χ4n) is 4.21. The van der Waals surface area contributed by atoms with Crippen LogP contribution in [0, 0.1) is 10.8 Å². The normalized spacial score (nSPS) is 13.7. The van der Waals surface area contributed by atoms with Crippen molar-refractivity contribution in [3.8, 4) is 0 Å². The summed E-state index contributed by atoms with van der Waals surface area (Å²) in [5, 5.41) is 0. The molecule has 7 nitrogen and oxygen atoms in total. The number of hydrogen-bond acceptors (Lipinski definition) is 6. The molecule has 0 aliphatic carbocycles. The molecule has 0 aliphatic heterocycles. The Hall–Kier alpha value is -2.26. The quantitative estimate of drug-likeness (QED) is 0.242. The Morgan fingerprint density at radius 2 is 1.04 bits per heavy atom. The molecular weight excluding hydrogens is 620 g/mol. The summed E-state index contributed by atoms with van der Waals surface area (Å²) in [7, 11) is -1.17. The number of halogens is 1. The van der Waals surface area contributed by atoms with Crippen molar-refractivity contribution >= 4 is 35.3 Å². The summed E-state index contributed by atoms with van der Waals surface area (Å²) in [6, 6.07) is 14.7. The lowest BCUT2D eigenvalue weighted by Gasteiger charge is -2.29. The van der Waals surface area contributed by atoms with Gasteiger partial charge in [-0.25, -0.2) is 18.5 Å². The van der Waals surface area contributed by atoms with Crippen LogP contribution in [-0.4, -0.2) is 33.1 Å². The summed E-state index contributed by atoms with van der Waals surface area (Å²) in [5.41, 5.74) is 9.61. The molecule has 0 amide bonds. The number of ether oxygens (including phenoxy) is 2. The number of hydrogen-bond donors (Lipinski definition) is 2. The molecular formula is C37H63ClN2O5S. The van der Waals surface area contributed by atoms with E-state index in [-0.39, 0.29) is 71.6 Å². The third-order valence-corrected chi connectivity index (χ3v) is 7.87. The van der Waals surface area contributed by atoms with Crippen molar-refractivity contribution in [1.29, 1.82) is 0 Å². The van der Waals surface area contributed by atoms with Crippen LogP contribution >= 0.6 is 12.4 Å². The van der Waals surface area contributed by atoms with E-state index in [9.17, 15) is 13.8 Å². The fraction of sp³-hybridized carbons (Fsp3) is 0.622. The van der Waals surface area contributed by atoms with Gasteiger partial charge in [-0.2, -0.15) is 0 Å². The highest BCUT2D eigenvalue weighted by Gasteiger charge is 2.27. The number of benzene rings is 2. The van der Waals surface area contributed by atoms with Gasteiger partial charge in [0.1, 0.15) is 0 Å². The van der Waals surface area contributed by atoms with Crippen LogP contribution in [0.1, 0.15) is 154 Å². The van der Waals surface area contributed by atoms with Gasteiger partial charge in [0.05, 0.1) is 39.1 Å². The van der Waals surface area contributed by atoms with Crippen LogP contribution in [0.5, 0.6) is 0 Å². The molecule has 0 unspecified atom stereocenters. The van der Waals surface area contributed by atoms with Crippen molar-refractivity contribution in [1.82, 2.24) is 4.72 Å². The Kier molecular flexibility index (Phi) is 19.5. The zero-order valence-electron chi connectivity index (χ0n) is 29.8. The number of nitrogens with two attached hydrogens (primary N) is 1. The summed E-state index contributed by atoms with van der Waals surface area (Å²) in [6.45, 7) is 26.2. The van der Waals surface area contributed by atoms with Gasteiger partial charge < -0.3 is 15.2 Å². The number of carbonyl (C=O) groups excluding carboxylic acids is 2. The van der Waals surface area contributed by atoms with Gasteiger partial charge in [-0.1, -0.05) is 73.2 Å². The molecule has 2 rings (SSSR count). The maximum atomic E-state index is 12.6. The first-order valence-corrected chi connectivity index (χ1v) is 16.7. The smallest absolute Gasteiger partial charge is 0.338 e. The van der Waals surface area contributed by atoms with Crippen molar-refractivity contribution in [2.45, 2.75) is 139 Å². The van der Waals surface area contributed by atoms with Gasteiger partial charge in [-0.05, 0) is 108 Å². The summed E-state index contributed by atoms with van der Waals surface area (Å²) in [5.74, 6) is -0.605. The van der Waals surface area contributed by atoms with E-state index in [1.165, 1.54) is 0 Å². The molecule has 0 fully saturated rings. The average Bonchev–Trinajstić information content (AvgIpc) is 2.85. The number of nitrogens with one attached hydrogen (secondary N) is 1. The second-order valence-corrected chi connectivity index (χ2v) is 17.3. The van der Waals surface area contributed by atoms with Crippen LogP contribution in [0.2, 0.25) is 0 Å². The molecule has 2 aromatic rings.